The average molecular weight is 389 g/mol. The van der Waals surface area contributed by atoms with Gasteiger partial charge in [0.15, 0.2) is 0 Å². The summed E-state index contributed by atoms with van der Waals surface area (Å²) in [6.07, 6.45) is -0.321. The van der Waals surface area contributed by atoms with Crippen LogP contribution in [-0.2, 0) is 10.5 Å². The molecular formula is C16H18F3N3OS2. The quantitative estimate of drug-likeness (QED) is 0.408. The van der Waals surface area contributed by atoms with E-state index in [1.807, 2.05) is 0 Å². The van der Waals surface area contributed by atoms with E-state index >= 15 is 0 Å². The van der Waals surface area contributed by atoms with Gasteiger partial charge < -0.3 is 4.90 Å². The zero-order valence-corrected chi connectivity index (χ0v) is 15.0. The minimum absolute atomic E-state index is 0.00741. The Hall–Kier alpha value is -1.45. The first-order valence-corrected chi connectivity index (χ1v) is 8.95. The first kappa shape index (κ1) is 19.9. The Morgan fingerprint density at radius 1 is 1.44 bits per heavy atom. The lowest BCUT2D eigenvalue weighted by atomic mass is 10.0. The number of carbonyl (C=O) groups is 1. The van der Waals surface area contributed by atoms with Crippen LogP contribution in [0.1, 0.15) is 12.0 Å². The highest BCUT2D eigenvalue weighted by molar-refractivity contribution is 8.01. The Bertz CT molecular complexity index is 639. The van der Waals surface area contributed by atoms with Crippen LogP contribution in [0.5, 0.6) is 0 Å². The van der Waals surface area contributed by atoms with Gasteiger partial charge >= 0.3 is 0 Å². The maximum absolute atomic E-state index is 13.9. The predicted molar refractivity (Wildman–Crippen MR) is 97.3 cm³/mol. The van der Waals surface area contributed by atoms with Crippen LogP contribution in [0.4, 0.5) is 13.2 Å². The smallest absolute Gasteiger partial charge is 0.210 e. The molecule has 1 aliphatic rings. The van der Waals surface area contributed by atoms with Gasteiger partial charge in [-0.2, -0.15) is 0 Å². The van der Waals surface area contributed by atoms with Crippen LogP contribution in [0.2, 0.25) is 0 Å². The van der Waals surface area contributed by atoms with Crippen LogP contribution < -0.4 is 4.72 Å². The van der Waals surface area contributed by atoms with E-state index < -0.39 is 29.9 Å². The number of rotatable bonds is 8. The molecule has 0 radical (unpaired) electrons. The van der Waals surface area contributed by atoms with Gasteiger partial charge in [-0.05, 0) is 29.8 Å². The number of nitrogens with zero attached hydrogens (tertiary/aromatic N) is 2. The van der Waals surface area contributed by atoms with Gasteiger partial charge in [-0.1, -0.05) is 12.8 Å². The van der Waals surface area contributed by atoms with Crippen molar-refractivity contribution in [1.82, 2.24) is 9.62 Å². The number of amides is 1. The molecule has 1 N–H and O–H groups in total. The van der Waals surface area contributed by atoms with Gasteiger partial charge in [0, 0.05) is 23.9 Å². The van der Waals surface area contributed by atoms with E-state index in [1.165, 1.54) is 28.8 Å². The number of thioether (sulfide) groups is 1. The Kier molecular flexibility index (Phi) is 7.39. The first-order valence-electron chi connectivity index (χ1n) is 7.45. The van der Waals surface area contributed by atoms with Gasteiger partial charge in [-0.3, -0.25) is 14.5 Å². The lowest BCUT2D eigenvalue weighted by Crippen LogP contribution is -2.41. The van der Waals surface area contributed by atoms with E-state index in [9.17, 15) is 18.0 Å². The minimum atomic E-state index is -1.22. The summed E-state index contributed by atoms with van der Waals surface area (Å²) in [4.78, 5) is 16.4. The van der Waals surface area contributed by atoms with Crippen molar-refractivity contribution >= 4 is 37.7 Å². The molecule has 0 bridgehead atoms. The van der Waals surface area contributed by atoms with Crippen LogP contribution in [0, 0.1) is 11.6 Å². The number of alkyl halides is 1. The second kappa shape index (κ2) is 9.30. The summed E-state index contributed by atoms with van der Waals surface area (Å²) in [6.45, 7) is 3.48. The minimum Gasteiger partial charge on any atom is -0.337 e. The van der Waals surface area contributed by atoms with Crippen molar-refractivity contribution in [2.24, 2.45) is 4.99 Å². The number of likely N-dealkylation sites (tertiary alicyclic amines) is 1. The maximum atomic E-state index is 13.9. The molecule has 1 aromatic carbocycles. The Morgan fingerprint density at radius 3 is 2.68 bits per heavy atom. The van der Waals surface area contributed by atoms with Crippen LogP contribution in [0.25, 0.3) is 0 Å². The highest BCUT2D eigenvalue weighted by Gasteiger charge is 2.41. The molecule has 1 aliphatic heterocycles. The third-order valence-corrected chi connectivity index (χ3v) is 5.15. The molecule has 3 unspecified atom stereocenters. The van der Waals surface area contributed by atoms with Crippen molar-refractivity contribution in [1.29, 1.82) is 0 Å². The van der Waals surface area contributed by atoms with Gasteiger partial charge in [0.05, 0.1) is 18.6 Å². The molecule has 0 saturated carbocycles. The van der Waals surface area contributed by atoms with Gasteiger partial charge in [0.25, 0.3) is 0 Å². The van der Waals surface area contributed by atoms with Crippen molar-refractivity contribution in [3.05, 3.63) is 46.5 Å². The highest BCUT2D eigenvalue weighted by atomic mass is 32.2. The largest absolute Gasteiger partial charge is 0.337 e. The number of nitrogens with one attached hydrogen (secondary N) is 1. The summed E-state index contributed by atoms with van der Waals surface area (Å²) in [5, 5.41) is 1.69. The molecule has 1 aromatic rings. The maximum Gasteiger partial charge on any atom is 0.210 e. The molecule has 1 heterocycles. The third kappa shape index (κ3) is 5.26. The molecule has 0 aliphatic carbocycles. The molecule has 3 atom stereocenters. The second-order valence-electron chi connectivity index (χ2n) is 5.60. The Labute approximate surface area is 154 Å². The fourth-order valence-electron chi connectivity index (χ4n) is 2.72. The lowest BCUT2D eigenvalue weighted by molar-refractivity contribution is -0.119. The number of halogens is 3. The molecule has 1 saturated heterocycles. The third-order valence-electron chi connectivity index (χ3n) is 3.91. The lowest BCUT2D eigenvalue weighted by Gasteiger charge is -2.24. The van der Waals surface area contributed by atoms with Crippen molar-refractivity contribution in [2.75, 3.05) is 6.54 Å². The molecule has 1 amide bonds. The summed E-state index contributed by atoms with van der Waals surface area (Å²) in [6, 6.07) is 2.28. The van der Waals surface area contributed by atoms with E-state index in [-0.39, 0.29) is 6.54 Å². The summed E-state index contributed by atoms with van der Waals surface area (Å²) in [5.74, 6) is -0.924. The summed E-state index contributed by atoms with van der Waals surface area (Å²) >= 11 is 5.22. The molecule has 0 spiro atoms. The normalized spacial score (nSPS) is 23.8. The molecule has 0 aromatic heterocycles. The number of hydrogen-bond donors (Lipinski definition) is 2. The summed E-state index contributed by atoms with van der Waals surface area (Å²) in [5.41, 5.74) is 1.05. The van der Waals surface area contributed by atoms with Crippen molar-refractivity contribution < 1.29 is 18.0 Å². The fraction of sp³-hybridized carbons (Fsp3) is 0.375. The van der Waals surface area contributed by atoms with Crippen LogP contribution in [0.15, 0.2) is 34.3 Å². The molecule has 2 rings (SSSR count). The van der Waals surface area contributed by atoms with Crippen molar-refractivity contribution in [2.45, 2.75) is 30.4 Å². The Balaban J connectivity index is 2.02. The van der Waals surface area contributed by atoms with E-state index in [0.29, 0.717) is 29.8 Å². The van der Waals surface area contributed by atoms with E-state index in [4.69, 9.17) is 0 Å². The summed E-state index contributed by atoms with van der Waals surface area (Å²) < 4.78 is 42.9. The number of aliphatic imine (C=N–C) groups is 1. The second-order valence-corrected chi connectivity index (χ2v) is 6.72. The van der Waals surface area contributed by atoms with Gasteiger partial charge in [0.1, 0.15) is 17.8 Å². The zero-order valence-electron chi connectivity index (χ0n) is 13.2. The SMILES string of the molecule is C=N/C(=C\SCc1cc(F)cc(F)c1)CC1C(NS)C(F)CN1C=O. The van der Waals surface area contributed by atoms with E-state index in [1.54, 1.807) is 5.41 Å². The van der Waals surface area contributed by atoms with Crippen molar-refractivity contribution in [3.8, 4) is 0 Å². The first-order chi connectivity index (χ1) is 12.0. The Morgan fingerprint density at radius 2 is 2.12 bits per heavy atom. The monoisotopic (exact) mass is 389 g/mol. The fourth-order valence-corrected chi connectivity index (χ4v) is 3.86. The molecular weight excluding hydrogens is 371 g/mol. The van der Waals surface area contributed by atoms with E-state index in [0.717, 1.165) is 6.07 Å². The summed E-state index contributed by atoms with van der Waals surface area (Å²) in [7, 11) is 0. The molecule has 25 heavy (non-hydrogen) atoms. The number of thiol groups is 1. The molecule has 9 heteroatoms. The van der Waals surface area contributed by atoms with Crippen LogP contribution in [-0.4, -0.2) is 42.8 Å². The average Bonchev–Trinajstić information content (AvgIpc) is 2.87. The molecule has 4 nitrogen and oxygen atoms in total. The highest BCUT2D eigenvalue weighted by Crippen LogP contribution is 2.27. The van der Waals surface area contributed by atoms with Gasteiger partial charge in [-0.25, -0.2) is 13.2 Å². The van der Waals surface area contributed by atoms with Gasteiger partial charge in [-0.15, -0.1) is 11.8 Å². The van der Waals surface area contributed by atoms with Crippen LogP contribution in [0.3, 0.4) is 0 Å². The number of carbonyl (C=O) groups excluding carboxylic acids is 1. The predicted octanol–water partition coefficient (Wildman–Crippen LogP) is 3.11. The number of benzene rings is 1. The zero-order chi connectivity index (χ0) is 18.4. The molecule has 136 valence electrons. The van der Waals surface area contributed by atoms with Gasteiger partial charge in [0.2, 0.25) is 6.41 Å². The van der Waals surface area contributed by atoms with Crippen LogP contribution >= 0.6 is 24.6 Å². The van der Waals surface area contributed by atoms with E-state index in [2.05, 4.69) is 29.2 Å². The number of hydrogen-bond acceptors (Lipinski definition) is 5. The van der Waals surface area contributed by atoms with Crippen molar-refractivity contribution in [3.63, 3.8) is 0 Å². The standard InChI is InChI=1S/C16H18F3N3OS2/c1-20-13(5-15-16(21-24)14(19)6-22(15)9-23)8-25-7-10-2-11(17)4-12(18)3-10/h2-4,8-9,14-16,21,24H,1,5-7H2/b13-8-. The molecule has 1 fully saturated rings. The topological polar surface area (TPSA) is 44.7 Å².